The third-order valence-corrected chi connectivity index (χ3v) is 4.20. The number of rotatable bonds is 4. The van der Waals surface area contributed by atoms with Gasteiger partial charge >= 0.3 is 12.0 Å². The third kappa shape index (κ3) is 3.23. The van der Waals surface area contributed by atoms with Gasteiger partial charge in [-0.05, 0) is 19.8 Å². The van der Waals surface area contributed by atoms with E-state index in [1.165, 1.54) is 11.3 Å². The second kappa shape index (κ2) is 5.56. The highest BCUT2D eigenvalue weighted by Crippen LogP contribution is 2.29. The summed E-state index contributed by atoms with van der Waals surface area (Å²) in [7, 11) is 0. The van der Waals surface area contributed by atoms with Crippen LogP contribution in [0.3, 0.4) is 0 Å². The highest BCUT2D eigenvalue weighted by molar-refractivity contribution is 7.11. The van der Waals surface area contributed by atoms with Crippen molar-refractivity contribution in [2.24, 2.45) is 0 Å². The van der Waals surface area contributed by atoms with E-state index in [9.17, 15) is 14.7 Å². The highest BCUT2D eigenvalue weighted by Gasteiger charge is 2.42. The third-order valence-electron chi connectivity index (χ3n) is 3.29. The lowest BCUT2D eigenvalue weighted by atomic mass is 9.98. The van der Waals surface area contributed by atoms with Crippen LogP contribution in [-0.4, -0.2) is 27.6 Å². The molecule has 1 fully saturated rings. The normalized spacial score (nSPS) is 17.1. The molecule has 1 aliphatic rings. The van der Waals surface area contributed by atoms with Gasteiger partial charge in [-0.1, -0.05) is 12.8 Å². The first-order valence-corrected chi connectivity index (χ1v) is 7.04. The largest absolute Gasteiger partial charge is 0.480 e. The van der Waals surface area contributed by atoms with Crippen molar-refractivity contribution >= 4 is 23.3 Å². The van der Waals surface area contributed by atoms with Gasteiger partial charge in [0.2, 0.25) is 0 Å². The summed E-state index contributed by atoms with van der Waals surface area (Å²) in [5, 5.41) is 15.3. The van der Waals surface area contributed by atoms with Crippen LogP contribution in [-0.2, 0) is 11.3 Å². The number of carbonyl (C=O) groups excluding carboxylic acids is 1. The number of aryl methyl sites for hydroxylation is 1. The number of thiazole rings is 1. The number of amides is 2. The minimum Gasteiger partial charge on any atom is -0.480 e. The van der Waals surface area contributed by atoms with Gasteiger partial charge in [-0.3, -0.25) is 0 Å². The zero-order valence-corrected chi connectivity index (χ0v) is 11.5. The highest BCUT2D eigenvalue weighted by atomic mass is 32.1. The van der Waals surface area contributed by atoms with Crippen molar-refractivity contribution in [3.8, 4) is 0 Å². The van der Waals surface area contributed by atoms with E-state index in [0.717, 1.165) is 22.7 Å². The summed E-state index contributed by atoms with van der Waals surface area (Å²) in [4.78, 5) is 28.3. The van der Waals surface area contributed by atoms with Gasteiger partial charge in [0, 0.05) is 11.1 Å². The Morgan fingerprint density at radius 3 is 2.68 bits per heavy atom. The first-order valence-electron chi connectivity index (χ1n) is 6.22. The van der Waals surface area contributed by atoms with Gasteiger partial charge in [0.05, 0.1) is 6.54 Å². The number of nitrogens with zero attached hydrogens (tertiary/aromatic N) is 1. The lowest BCUT2D eigenvalue weighted by Crippen LogP contribution is -2.55. The van der Waals surface area contributed by atoms with Crippen LogP contribution in [0.1, 0.15) is 35.6 Å². The number of carboxylic acid groups (broad SMARTS) is 1. The van der Waals surface area contributed by atoms with Crippen molar-refractivity contribution in [2.75, 3.05) is 0 Å². The minimum atomic E-state index is -1.09. The fourth-order valence-electron chi connectivity index (χ4n) is 2.27. The van der Waals surface area contributed by atoms with Crippen LogP contribution in [0.2, 0.25) is 0 Å². The summed E-state index contributed by atoms with van der Waals surface area (Å²) < 4.78 is 0. The molecule has 1 aromatic rings. The Morgan fingerprint density at radius 2 is 2.16 bits per heavy atom. The quantitative estimate of drug-likeness (QED) is 0.783. The van der Waals surface area contributed by atoms with Gasteiger partial charge in [0.1, 0.15) is 10.5 Å². The first kappa shape index (κ1) is 13.8. The van der Waals surface area contributed by atoms with Crippen molar-refractivity contribution in [3.63, 3.8) is 0 Å². The van der Waals surface area contributed by atoms with Crippen molar-refractivity contribution in [2.45, 2.75) is 44.7 Å². The predicted octanol–water partition coefficient (Wildman–Crippen LogP) is 1.65. The zero-order valence-electron chi connectivity index (χ0n) is 10.7. The Morgan fingerprint density at radius 1 is 1.47 bits per heavy atom. The monoisotopic (exact) mass is 283 g/mol. The lowest BCUT2D eigenvalue weighted by molar-refractivity contribution is -0.144. The molecule has 19 heavy (non-hydrogen) atoms. The van der Waals surface area contributed by atoms with Crippen molar-refractivity contribution in [1.82, 2.24) is 15.6 Å². The molecule has 1 aromatic heterocycles. The minimum absolute atomic E-state index is 0.319. The molecule has 7 heteroatoms. The van der Waals surface area contributed by atoms with Crippen LogP contribution < -0.4 is 10.6 Å². The molecule has 2 amide bonds. The van der Waals surface area contributed by atoms with Crippen LogP contribution in [0.15, 0.2) is 6.20 Å². The number of nitrogens with one attached hydrogen (secondary N) is 2. The second-order valence-electron chi connectivity index (χ2n) is 4.77. The lowest BCUT2D eigenvalue weighted by Gasteiger charge is -2.25. The molecule has 0 radical (unpaired) electrons. The van der Waals surface area contributed by atoms with Gasteiger partial charge in [-0.25, -0.2) is 14.6 Å². The molecule has 1 aliphatic carbocycles. The molecule has 0 aliphatic heterocycles. The Balaban J connectivity index is 1.88. The summed E-state index contributed by atoms with van der Waals surface area (Å²) in [5.41, 5.74) is -1.09. The maximum Gasteiger partial charge on any atom is 0.329 e. The molecule has 0 bridgehead atoms. The molecule has 6 nitrogen and oxygen atoms in total. The van der Waals surface area contributed by atoms with Gasteiger partial charge in [0.25, 0.3) is 0 Å². The Hall–Kier alpha value is -1.63. The van der Waals surface area contributed by atoms with E-state index < -0.39 is 17.5 Å². The topological polar surface area (TPSA) is 91.3 Å². The van der Waals surface area contributed by atoms with E-state index >= 15 is 0 Å². The predicted molar refractivity (Wildman–Crippen MR) is 71.1 cm³/mol. The smallest absolute Gasteiger partial charge is 0.329 e. The summed E-state index contributed by atoms with van der Waals surface area (Å²) in [6.45, 7) is 2.26. The molecular weight excluding hydrogens is 266 g/mol. The van der Waals surface area contributed by atoms with E-state index in [1.54, 1.807) is 6.20 Å². The number of hydrogen-bond acceptors (Lipinski definition) is 4. The Kier molecular flexibility index (Phi) is 4.04. The average Bonchev–Trinajstić information content (AvgIpc) is 2.97. The number of carbonyl (C=O) groups is 2. The standard InChI is InChI=1S/C12H17N3O3S/c1-8-6-13-9(19-8)7-14-11(18)15-12(10(16)17)4-2-3-5-12/h6H,2-5,7H2,1H3,(H,16,17)(H2,14,15,18). The van der Waals surface area contributed by atoms with E-state index in [4.69, 9.17) is 0 Å². The molecule has 1 heterocycles. The van der Waals surface area contributed by atoms with Crippen molar-refractivity contribution in [1.29, 1.82) is 0 Å². The average molecular weight is 283 g/mol. The molecule has 3 N–H and O–H groups in total. The van der Waals surface area contributed by atoms with E-state index in [2.05, 4.69) is 15.6 Å². The van der Waals surface area contributed by atoms with Crippen LogP contribution in [0.4, 0.5) is 4.79 Å². The van der Waals surface area contributed by atoms with Crippen molar-refractivity contribution < 1.29 is 14.7 Å². The molecule has 0 unspecified atom stereocenters. The SMILES string of the molecule is Cc1cnc(CNC(=O)NC2(C(=O)O)CCCC2)s1. The maximum atomic E-state index is 11.8. The molecular formula is C12H17N3O3S. The molecule has 0 saturated heterocycles. The summed E-state index contributed by atoms with van der Waals surface area (Å²) in [6, 6.07) is -0.447. The Bertz CT molecular complexity index is 480. The molecule has 0 aromatic carbocycles. The number of carboxylic acids is 1. The van der Waals surface area contributed by atoms with Crippen LogP contribution in [0.25, 0.3) is 0 Å². The fraction of sp³-hybridized carbons (Fsp3) is 0.583. The van der Waals surface area contributed by atoms with Gasteiger partial charge < -0.3 is 15.7 Å². The van der Waals surface area contributed by atoms with Gasteiger partial charge in [0.15, 0.2) is 0 Å². The van der Waals surface area contributed by atoms with E-state index in [1.807, 2.05) is 6.92 Å². The molecule has 0 atom stereocenters. The molecule has 104 valence electrons. The van der Waals surface area contributed by atoms with Gasteiger partial charge in [-0.2, -0.15) is 0 Å². The molecule has 2 rings (SSSR count). The van der Waals surface area contributed by atoms with Gasteiger partial charge in [-0.15, -0.1) is 11.3 Å². The summed E-state index contributed by atoms with van der Waals surface area (Å²) in [5.74, 6) is -0.953. The Labute approximate surface area is 115 Å². The summed E-state index contributed by atoms with van der Waals surface area (Å²) >= 11 is 1.51. The van der Waals surface area contributed by atoms with Crippen molar-refractivity contribution in [3.05, 3.63) is 16.1 Å². The second-order valence-corrected chi connectivity index (χ2v) is 6.09. The fourth-order valence-corrected chi connectivity index (χ4v) is 3.00. The number of aliphatic carboxylic acids is 1. The van der Waals surface area contributed by atoms with Crippen LogP contribution in [0, 0.1) is 6.92 Å². The van der Waals surface area contributed by atoms with E-state index in [-0.39, 0.29) is 0 Å². The first-order chi connectivity index (χ1) is 9.02. The zero-order chi connectivity index (χ0) is 13.9. The van der Waals surface area contributed by atoms with Crippen LogP contribution in [0.5, 0.6) is 0 Å². The summed E-state index contributed by atoms with van der Waals surface area (Å²) in [6.07, 6.45) is 4.39. The van der Waals surface area contributed by atoms with E-state index in [0.29, 0.717) is 19.4 Å². The number of aromatic nitrogens is 1. The molecule has 1 saturated carbocycles. The van der Waals surface area contributed by atoms with Crippen LogP contribution >= 0.6 is 11.3 Å². The number of hydrogen-bond donors (Lipinski definition) is 3. The number of urea groups is 1. The molecule has 0 spiro atoms. The maximum absolute atomic E-state index is 11.8.